The molecule has 3 rings (SSSR count). The molecule has 3 aromatic rings. The Hall–Kier alpha value is -2.80. The van der Waals surface area contributed by atoms with Gasteiger partial charge < -0.3 is 9.47 Å². The first-order chi connectivity index (χ1) is 14.7. The quantitative estimate of drug-likeness (QED) is 0.264. The summed E-state index contributed by atoms with van der Waals surface area (Å²) >= 11 is 6.32. The summed E-state index contributed by atoms with van der Waals surface area (Å²) < 4.78 is 74.9. The first-order valence-electron chi connectivity index (χ1n) is 9.46. The largest absolute Gasteiger partial charge is 0.573 e. The van der Waals surface area contributed by atoms with Crippen LogP contribution in [-0.4, -0.2) is 13.0 Å². The van der Waals surface area contributed by atoms with Gasteiger partial charge in [0, 0.05) is 16.1 Å². The fraction of sp³-hybridized carbons (Fsp3) is 0.217. The molecule has 2 nitrogen and oxygen atoms in total. The summed E-state index contributed by atoms with van der Waals surface area (Å²) in [6, 6.07) is 12.6. The lowest BCUT2D eigenvalue weighted by Gasteiger charge is -2.12. The Morgan fingerprint density at radius 2 is 1.48 bits per heavy atom. The van der Waals surface area contributed by atoms with Crippen molar-refractivity contribution >= 4 is 11.6 Å². The minimum absolute atomic E-state index is 0.0164. The van der Waals surface area contributed by atoms with Gasteiger partial charge in [0.1, 0.15) is 5.75 Å². The molecule has 0 amide bonds. The van der Waals surface area contributed by atoms with Crippen LogP contribution >= 0.6 is 11.6 Å². The number of halogens is 6. The Kier molecular flexibility index (Phi) is 7.05. The second-order valence-corrected chi connectivity index (χ2v) is 7.12. The lowest BCUT2D eigenvalue weighted by Crippen LogP contribution is -2.16. The van der Waals surface area contributed by atoms with Gasteiger partial charge in [0.2, 0.25) is 5.82 Å². The predicted molar refractivity (Wildman–Crippen MR) is 109 cm³/mol. The van der Waals surface area contributed by atoms with Gasteiger partial charge in [-0.15, -0.1) is 13.2 Å². The number of ether oxygens (including phenoxy) is 2. The third-order valence-electron chi connectivity index (χ3n) is 4.48. The van der Waals surface area contributed by atoms with Gasteiger partial charge in [0.25, 0.3) is 0 Å². The predicted octanol–water partition coefficient (Wildman–Crippen LogP) is 8.03. The fourth-order valence-corrected chi connectivity index (χ4v) is 3.24. The highest BCUT2D eigenvalue weighted by molar-refractivity contribution is 6.33. The zero-order chi connectivity index (χ0) is 22.6. The number of benzene rings is 3. The van der Waals surface area contributed by atoms with E-state index in [0.29, 0.717) is 23.3 Å². The molecule has 0 atom stereocenters. The van der Waals surface area contributed by atoms with E-state index in [4.69, 9.17) is 16.3 Å². The zero-order valence-corrected chi connectivity index (χ0v) is 17.2. The van der Waals surface area contributed by atoms with E-state index in [0.717, 1.165) is 12.8 Å². The normalized spacial score (nSPS) is 11.5. The molecule has 8 heteroatoms. The second-order valence-electron chi connectivity index (χ2n) is 6.71. The average Bonchev–Trinajstić information content (AvgIpc) is 2.71. The Morgan fingerprint density at radius 1 is 0.839 bits per heavy atom. The summed E-state index contributed by atoms with van der Waals surface area (Å²) in [7, 11) is 0. The first-order valence-corrected chi connectivity index (χ1v) is 9.84. The van der Waals surface area contributed by atoms with Crippen LogP contribution in [0.2, 0.25) is 5.02 Å². The number of unbranched alkanes of at least 4 members (excludes halogenated alkanes) is 1. The van der Waals surface area contributed by atoms with E-state index in [9.17, 15) is 22.0 Å². The highest BCUT2D eigenvalue weighted by atomic mass is 35.5. The van der Waals surface area contributed by atoms with Gasteiger partial charge in [0.05, 0.1) is 6.61 Å². The molecule has 3 aromatic carbocycles. The fourth-order valence-electron chi connectivity index (χ4n) is 2.95. The Bertz CT molecular complexity index is 1050. The number of alkyl halides is 3. The van der Waals surface area contributed by atoms with Crippen molar-refractivity contribution in [2.75, 3.05) is 6.61 Å². The molecule has 164 valence electrons. The van der Waals surface area contributed by atoms with Crippen molar-refractivity contribution in [1.82, 2.24) is 0 Å². The SMILES string of the molecule is CCCCOc1ccc(-c2ccc(-c3ccc(OC(F)(F)F)cc3)c(Cl)c2)c(F)c1F. The molecule has 0 heterocycles. The van der Waals surface area contributed by atoms with Gasteiger partial charge in [-0.25, -0.2) is 4.39 Å². The van der Waals surface area contributed by atoms with Crippen molar-refractivity contribution < 1.29 is 31.4 Å². The van der Waals surface area contributed by atoms with E-state index in [1.807, 2.05) is 6.92 Å². The van der Waals surface area contributed by atoms with Crippen molar-refractivity contribution in [3.63, 3.8) is 0 Å². The lowest BCUT2D eigenvalue weighted by molar-refractivity contribution is -0.274. The van der Waals surface area contributed by atoms with Crippen LogP contribution in [0, 0.1) is 11.6 Å². The minimum Gasteiger partial charge on any atom is -0.490 e. The van der Waals surface area contributed by atoms with Gasteiger partial charge in [-0.3, -0.25) is 0 Å². The standard InChI is InChI=1S/C23H18ClF5O2/c1-2-3-12-30-20-11-10-18(21(25)22(20)26)15-6-9-17(19(24)13-15)14-4-7-16(8-5-14)31-23(27,28)29/h4-11,13H,2-3,12H2,1H3. The van der Waals surface area contributed by atoms with Crippen LogP contribution in [0.15, 0.2) is 54.6 Å². The molecule has 0 saturated heterocycles. The van der Waals surface area contributed by atoms with Crippen LogP contribution in [0.3, 0.4) is 0 Å². The van der Waals surface area contributed by atoms with Crippen molar-refractivity contribution in [2.24, 2.45) is 0 Å². The molecule has 0 aliphatic heterocycles. The summed E-state index contributed by atoms with van der Waals surface area (Å²) in [6.07, 6.45) is -3.19. The maximum Gasteiger partial charge on any atom is 0.573 e. The summed E-state index contributed by atoms with van der Waals surface area (Å²) in [4.78, 5) is 0. The monoisotopic (exact) mass is 456 g/mol. The number of hydrogen-bond donors (Lipinski definition) is 0. The van der Waals surface area contributed by atoms with Gasteiger partial charge in [-0.05, 0) is 47.9 Å². The summed E-state index contributed by atoms with van der Waals surface area (Å²) in [5.41, 5.74) is 1.42. The van der Waals surface area contributed by atoms with Crippen LogP contribution in [0.4, 0.5) is 22.0 Å². The van der Waals surface area contributed by atoms with Crippen LogP contribution in [0.5, 0.6) is 11.5 Å². The van der Waals surface area contributed by atoms with Crippen LogP contribution in [0.1, 0.15) is 19.8 Å². The maximum atomic E-state index is 14.6. The molecule has 0 aliphatic rings. The van der Waals surface area contributed by atoms with Crippen molar-refractivity contribution in [3.8, 4) is 33.8 Å². The topological polar surface area (TPSA) is 18.5 Å². The van der Waals surface area contributed by atoms with Gasteiger partial charge in [-0.1, -0.05) is 49.2 Å². The third kappa shape index (κ3) is 5.67. The van der Waals surface area contributed by atoms with Crippen molar-refractivity contribution in [2.45, 2.75) is 26.1 Å². The summed E-state index contributed by atoms with van der Waals surface area (Å²) in [5.74, 6) is -2.64. The van der Waals surface area contributed by atoms with E-state index in [-0.39, 0.29) is 22.1 Å². The van der Waals surface area contributed by atoms with Crippen LogP contribution < -0.4 is 9.47 Å². The Labute approximate surface area is 181 Å². The lowest BCUT2D eigenvalue weighted by atomic mass is 9.99. The number of rotatable bonds is 7. The maximum absolute atomic E-state index is 14.6. The molecule has 0 fully saturated rings. The van der Waals surface area contributed by atoms with E-state index >= 15 is 0 Å². The molecule has 0 bridgehead atoms. The third-order valence-corrected chi connectivity index (χ3v) is 4.79. The van der Waals surface area contributed by atoms with Gasteiger partial charge in [0.15, 0.2) is 11.6 Å². The first kappa shape index (κ1) is 22.9. The molecule has 0 aromatic heterocycles. The van der Waals surface area contributed by atoms with Gasteiger partial charge >= 0.3 is 6.36 Å². The van der Waals surface area contributed by atoms with Crippen molar-refractivity contribution in [1.29, 1.82) is 0 Å². The van der Waals surface area contributed by atoms with Gasteiger partial charge in [-0.2, -0.15) is 4.39 Å². The zero-order valence-electron chi connectivity index (χ0n) is 16.4. The van der Waals surface area contributed by atoms with Crippen LogP contribution in [-0.2, 0) is 0 Å². The minimum atomic E-state index is -4.78. The van der Waals surface area contributed by atoms with E-state index < -0.39 is 18.0 Å². The molecule has 0 spiro atoms. The molecule has 31 heavy (non-hydrogen) atoms. The van der Waals surface area contributed by atoms with E-state index in [1.165, 1.54) is 42.5 Å². The molecular formula is C23H18ClF5O2. The smallest absolute Gasteiger partial charge is 0.490 e. The van der Waals surface area contributed by atoms with E-state index in [2.05, 4.69) is 4.74 Å². The van der Waals surface area contributed by atoms with Crippen LogP contribution in [0.25, 0.3) is 22.3 Å². The molecule has 0 N–H and O–H groups in total. The molecular weight excluding hydrogens is 439 g/mol. The van der Waals surface area contributed by atoms with E-state index in [1.54, 1.807) is 12.1 Å². The molecule has 0 unspecified atom stereocenters. The molecule has 0 aliphatic carbocycles. The van der Waals surface area contributed by atoms with Crippen molar-refractivity contribution in [3.05, 3.63) is 71.3 Å². The molecule has 0 saturated carbocycles. The summed E-state index contributed by atoms with van der Waals surface area (Å²) in [5, 5.41) is 0.227. The second kappa shape index (κ2) is 9.56. The average molecular weight is 457 g/mol. The highest BCUT2D eigenvalue weighted by Crippen LogP contribution is 2.36. The highest BCUT2D eigenvalue weighted by Gasteiger charge is 2.31. The Balaban J connectivity index is 1.85. The number of hydrogen-bond acceptors (Lipinski definition) is 2. The molecule has 0 radical (unpaired) electrons. The summed E-state index contributed by atoms with van der Waals surface area (Å²) in [6.45, 7) is 2.25. The Morgan fingerprint density at radius 3 is 2.10 bits per heavy atom.